The molecule has 1 amide bonds. The van der Waals surface area contributed by atoms with Gasteiger partial charge in [0.2, 0.25) is 5.91 Å². The van der Waals surface area contributed by atoms with Crippen LogP contribution in [0.1, 0.15) is 20.3 Å². The molecule has 0 unspecified atom stereocenters. The number of carbonyl (C=O) groups is 1. The van der Waals surface area contributed by atoms with Gasteiger partial charge in [-0.1, -0.05) is 12.1 Å². The van der Waals surface area contributed by atoms with Gasteiger partial charge < -0.3 is 10.7 Å². The molecule has 0 radical (unpaired) electrons. The third kappa shape index (κ3) is 2.44. The van der Waals surface area contributed by atoms with Crippen LogP contribution in [0, 0.1) is 4.77 Å². The molecule has 1 heterocycles. The number of nitrogens with zero attached hydrogens (tertiary/aromatic N) is 1. The van der Waals surface area contributed by atoms with Crippen molar-refractivity contribution in [2.24, 2.45) is 5.73 Å². The monoisotopic (exact) mass is 277 g/mol. The Kier molecular flexibility index (Phi) is 3.28. The third-order valence-corrected chi connectivity index (χ3v) is 3.30. The summed E-state index contributed by atoms with van der Waals surface area (Å²) in [4.78, 5) is 26.6. The highest BCUT2D eigenvalue weighted by Crippen LogP contribution is 2.19. The highest BCUT2D eigenvalue weighted by Gasteiger charge is 2.26. The molecule has 19 heavy (non-hydrogen) atoms. The van der Waals surface area contributed by atoms with Gasteiger partial charge in [-0.2, -0.15) is 0 Å². The SMILES string of the molecule is CC(C)(CC(N)=O)n1c(=S)[nH]c2ccccc2c1=O. The third-order valence-electron chi connectivity index (χ3n) is 3.02. The Bertz CT molecular complexity index is 758. The van der Waals surface area contributed by atoms with E-state index >= 15 is 0 Å². The first-order chi connectivity index (χ1) is 8.83. The lowest BCUT2D eigenvalue weighted by atomic mass is 10.00. The summed E-state index contributed by atoms with van der Waals surface area (Å²) in [7, 11) is 0. The zero-order valence-corrected chi connectivity index (χ0v) is 11.6. The fourth-order valence-corrected chi connectivity index (χ4v) is 2.66. The summed E-state index contributed by atoms with van der Waals surface area (Å²) in [6, 6.07) is 7.12. The number of hydrogen-bond acceptors (Lipinski definition) is 3. The molecular weight excluding hydrogens is 262 g/mol. The minimum atomic E-state index is -0.763. The second kappa shape index (κ2) is 4.62. The Morgan fingerprint density at radius 1 is 1.42 bits per heavy atom. The zero-order chi connectivity index (χ0) is 14.2. The van der Waals surface area contributed by atoms with Gasteiger partial charge in [-0.15, -0.1) is 0 Å². The highest BCUT2D eigenvalue weighted by atomic mass is 32.1. The van der Waals surface area contributed by atoms with E-state index in [1.54, 1.807) is 32.0 Å². The molecule has 1 aromatic heterocycles. The van der Waals surface area contributed by atoms with Gasteiger partial charge in [0.1, 0.15) is 0 Å². The van der Waals surface area contributed by atoms with Crippen LogP contribution in [0.3, 0.4) is 0 Å². The van der Waals surface area contributed by atoms with Crippen molar-refractivity contribution in [1.82, 2.24) is 9.55 Å². The van der Waals surface area contributed by atoms with E-state index in [0.717, 1.165) is 0 Å². The van der Waals surface area contributed by atoms with Crippen molar-refractivity contribution in [1.29, 1.82) is 0 Å². The number of nitrogens with two attached hydrogens (primary N) is 1. The maximum atomic E-state index is 12.5. The Morgan fingerprint density at radius 2 is 2.05 bits per heavy atom. The van der Waals surface area contributed by atoms with Gasteiger partial charge in [0.05, 0.1) is 16.4 Å². The fourth-order valence-electron chi connectivity index (χ4n) is 2.22. The van der Waals surface area contributed by atoms with Gasteiger partial charge in [0.15, 0.2) is 4.77 Å². The zero-order valence-electron chi connectivity index (χ0n) is 10.8. The first-order valence-corrected chi connectivity index (χ1v) is 6.26. The molecule has 3 N–H and O–H groups in total. The van der Waals surface area contributed by atoms with Crippen LogP contribution in [-0.4, -0.2) is 15.5 Å². The molecule has 0 aliphatic rings. The summed E-state index contributed by atoms with van der Waals surface area (Å²) in [5, 5.41) is 0.536. The van der Waals surface area contributed by atoms with E-state index in [9.17, 15) is 9.59 Å². The molecule has 0 aliphatic heterocycles. The van der Waals surface area contributed by atoms with E-state index in [1.165, 1.54) is 4.57 Å². The molecule has 6 heteroatoms. The molecule has 0 fully saturated rings. The van der Waals surface area contributed by atoms with Gasteiger partial charge in [-0.25, -0.2) is 0 Å². The Labute approximate surface area is 115 Å². The second-order valence-electron chi connectivity index (χ2n) is 5.07. The van der Waals surface area contributed by atoms with E-state index < -0.39 is 11.4 Å². The molecule has 0 bridgehead atoms. The van der Waals surface area contributed by atoms with Crippen LogP contribution in [0.5, 0.6) is 0 Å². The van der Waals surface area contributed by atoms with Crippen molar-refractivity contribution in [3.8, 4) is 0 Å². The summed E-state index contributed by atoms with van der Waals surface area (Å²) < 4.78 is 1.70. The molecule has 2 aromatic rings. The van der Waals surface area contributed by atoms with E-state index in [2.05, 4.69) is 4.98 Å². The van der Waals surface area contributed by atoms with Crippen LogP contribution in [0.4, 0.5) is 0 Å². The molecule has 0 saturated heterocycles. The molecule has 0 saturated carbocycles. The van der Waals surface area contributed by atoms with Crippen molar-refractivity contribution in [3.63, 3.8) is 0 Å². The van der Waals surface area contributed by atoms with E-state index in [4.69, 9.17) is 18.0 Å². The smallest absolute Gasteiger partial charge is 0.262 e. The molecule has 2 rings (SSSR count). The number of aromatic amines is 1. The topological polar surface area (TPSA) is 80.9 Å². The number of rotatable bonds is 3. The minimum Gasteiger partial charge on any atom is -0.370 e. The standard InChI is InChI=1S/C13H15N3O2S/c1-13(2,7-10(14)17)16-11(18)8-5-3-4-6-9(8)15-12(16)19/h3-6H,7H2,1-2H3,(H2,14,17)(H,15,19). The van der Waals surface area contributed by atoms with E-state index in [0.29, 0.717) is 10.9 Å². The van der Waals surface area contributed by atoms with Gasteiger partial charge in [0.25, 0.3) is 5.56 Å². The lowest BCUT2D eigenvalue weighted by Gasteiger charge is -2.26. The first-order valence-electron chi connectivity index (χ1n) is 5.86. The number of para-hydroxylation sites is 1. The normalized spacial score (nSPS) is 11.7. The molecule has 0 atom stereocenters. The minimum absolute atomic E-state index is 0.0444. The van der Waals surface area contributed by atoms with Gasteiger partial charge >= 0.3 is 0 Å². The highest BCUT2D eigenvalue weighted by molar-refractivity contribution is 7.71. The number of hydrogen-bond donors (Lipinski definition) is 2. The van der Waals surface area contributed by atoms with Crippen LogP contribution in [0.2, 0.25) is 0 Å². The van der Waals surface area contributed by atoms with Gasteiger partial charge in [-0.05, 0) is 38.2 Å². The average Bonchev–Trinajstić information content (AvgIpc) is 2.26. The average molecular weight is 277 g/mol. The van der Waals surface area contributed by atoms with Gasteiger partial charge in [-0.3, -0.25) is 14.2 Å². The van der Waals surface area contributed by atoms with Crippen molar-refractivity contribution in [3.05, 3.63) is 39.4 Å². The van der Waals surface area contributed by atoms with Crippen molar-refractivity contribution in [2.45, 2.75) is 25.8 Å². The molecular formula is C13H15N3O2S. The molecule has 0 aliphatic carbocycles. The number of carbonyl (C=O) groups excluding carboxylic acids is 1. The summed E-state index contributed by atoms with van der Waals surface area (Å²) in [5.74, 6) is -0.473. The molecule has 0 spiro atoms. The van der Waals surface area contributed by atoms with Crippen LogP contribution in [-0.2, 0) is 10.3 Å². The Hall–Kier alpha value is -1.95. The number of aromatic nitrogens is 2. The van der Waals surface area contributed by atoms with Crippen LogP contribution in [0.15, 0.2) is 29.1 Å². The largest absolute Gasteiger partial charge is 0.370 e. The van der Waals surface area contributed by atoms with Crippen molar-refractivity contribution in [2.75, 3.05) is 0 Å². The Balaban J connectivity index is 2.78. The van der Waals surface area contributed by atoms with E-state index in [-0.39, 0.29) is 16.8 Å². The number of primary amides is 1. The number of benzene rings is 1. The fraction of sp³-hybridized carbons (Fsp3) is 0.308. The lowest BCUT2D eigenvalue weighted by Crippen LogP contribution is -2.40. The predicted molar refractivity (Wildman–Crippen MR) is 76.5 cm³/mol. The first kappa shape index (κ1) is 13.5. The van der Waals surface area contributed by atoms with E-state index in [1.807, 2.05) is 6.07 Å². The van der Waals surface area contributed by atoms with Crippen molar-refractivity contribution >= 4 is 29.0 Å². The summed E-state index contributed by atoms with van der Waals surface area (Å²) in [6.45, 7) is 3.52. The predicted octanol–water partition coefficient (Wildman–Crippen LogP) is 1.67. The van der Waals surface area contributed by atoms with Crippen molar-refractivity contribution < 1.29 is 4.79 Å². The number of amides is 1. The number of fused-ring (bicyclic) bond motifs is 1. The maximum absolute atomic E-state index is 12.5. The summed E-state index contributed by atoms with van der Waals surface area (Å²) in [5.41, 5.74) is 4.93. The molecule has 1 aromatic carbocycles. The summed E-state index contributed by atoms with van der Waals surface area (Å²) in [6.07, 6.45) is 0.0444. The molecule has 100 valence electrons. The number of H-pyrrole nitrogens is 1. The van der Waals surface area contributed by atoms with Crippen LogP contribution >= 0.6 is 12.2 Å². The van der Waals surface area contributed by atoms with Crippen LogP contribution in [0.25, 0.3) is 10.9 Å². The second-order valence-corrected chi connectivity index (χ2v) is 5.46. The Morgan fingerprint density at radius 3 is 2.68 bits per heavy atom. The molecule has 5 nitrogen and oxygen atoms in total. The quantitative estimate of drug-likeness (QED) is 0.837. The summed E-state index contributed by atoms with van der Waals surface area (Å²) >= 11 is 5.22. The van der Waals surface area contributed by atoms with Crippen LogP contribution < -0.4 is 11.3 Å². The lowest BCUT2D eigenvalue weighted by molar-refractivity contribution is -0.119. The maximum Gasteiger partial charge on any atom is 0.262 e. The van der Waals surface area contributed by atoms with Gasteiger partial charge in [0, 0.05) is 6.42 Å². The number of nitrogens with one attached hydrogen (secondary N) is 1.